The Bertz CT molecular complexity index is 128. The summed E-state index contributed by atoms with van der Waals surface area (Å²) in [5.74, 6) is -1.59. The number of halogens is 4. The molecule has 0 aromatic heterocycles. The average molecular weight is 174 g/mol. The Balaban J connectivity index is 3.52. The molecular formula is C5H6F4O2. The highest BCUT2D eigenvalue weighted by Crippen LogP contribution is 1.98. The molecule has 0 heterocycles. The van der Waals surface area contributed by atoms with Crippen LogP contribution in [0.15, 0.2) is 0 Å². The molecule has 0 radical (unpaired) electrons. The second-order valence-corrected chi connectivity index (χ2v) is 1.64. The van der Waals surface area contributed by atoms with Gasteiger partial charge in [-0.25, -0.2) is 22.4 Å². The van der Waals surface area contributed by atoms with E-state index >= 15 is 0 Å². The van der Waals surface area contributed by atoms with Gasteiger partial charge in [0, 0.05) is 0 Å². The number of hydrogen-bond acceptors (Lipinski definition) is 2. The van der Waals surface area contributed by atoms with Gasteiger partial charge in [0.2, 0.25) is 6.17 Å². The lowest BCUT2D eigenvalue weighted by molar-refractivity contribution is -0.154. The summed E-state index contributed by atoms with van der Waals surface area (Å²) in [5.41, 5.74) is 0. The Kier molecular flexibility index (Phi) is 4.56. The van der Waals surface area contributed by atoms with Gasteiger partial charge in [0.15, 0.2) is 6.61 Å². The van der Waals surface area contributed by atoms with Crippen molar-refractivity contribution in [3.05, 3.63) is 0 Å². The maximum atomic E-state index is 11.9. The predicted octanol–water partition coefficient (Wildman–Crippen LogP) is 1.10. The zero-order valence-corrected chi connectivity index (χ0v) is 5.40. The quantitative estimate of drug-likeness (QED) is 0.471. The molecule has 0 aliphatic carbocycles. The van der Waals surface area contributed by atoms with Gasteiger partial charge in [0.1, 0.15) is 6.67 Å². The number of rotatable bonds is 4. The van der Waals surface area contributed by atoms with Crippen LogP contribution in [0.25, 0.3) is 0 Å². The van der Waals surface area contributed by atoms with Crippen molar-refractivity contribution in [2.45, 2.75) is 12.6 Å². The Hall–Kier alpha value is -0.810. The molecule has 0 saturated heterocycles. The maximum absolute atomic E-state index is 11.9. The fraction of sp³-hybridized carbons (Fsp3) is 0.800. The lowest BCUT2D eigenvalue weighted by Crippen LogP contribution is -2.23. The van der Waals surface area contributed by atoms with Crippen molar-refractivity contribution in [2.24, 2.45) is 0 Å². The van der Waals surface area contributed by atoms with E-state index in [0.717, 1.165) is 0 Å². The predicted molar refractivity (Wildman–Crippen MR) is 27.8 cm³/mol. The number of carbonyl (C=O) groups is 1. The smallest absolute Gasteiger partial charge is 0.343 e. The first kappa shape index (κ1) is 10.2. The largest absolute Gasteiger partial charge is 0.457 e. The highest BCUT2D eigenvalue weighted by Gasteiger charge is 2.19. The van der Waals surface area contributed by atoms with E-state index < -0.39 is 31.8 Å². The number of ether oxygens (including phenoxy) is 1. The molecule has 0 aliphatic heterocycles. The zero-order chi connectivity index (χ0) is 8.85. The van der Waals surface area contributed by atoms with Gasteiger partial charge in [-0.05, 0) is 0 Å². The van der Waals surface area contributed by atoms with Crippen molar-refractivity contribution in [3.63, 3.8) is 0 Å². The van der Waals surface area contributed by atoms with Crippen LogP contribution in [0.4, 0.5) is 17.6 Å². The molecule has 1 unspecified atom stereocenters. The topological polar surface area (TPSA) is 26.3 Å². The van der Waals surface area contributed by atoms with Crippen molar-refractivity contribution in [3.8, 4) is 0 Å². The van der Waals surface area contributed by atoms with Gasteiger partial charge >= 0.3 is 5.97 Å². The number of esters is 1. The molecule has 0 rings (SSSR count). The van der Waals surface area contributed by atoms with Crippen LogP contribution in [0.5, 0.6) is 0 Å². The number of hydrogen-bond donors (Lipinski definition) is 0. The van der Waals surface area contributed by atoms with Gasteiger partial charge in [-0.3, -0.25) is 0 Å². The molecule has 0 spiro atoms. The molecule has 0 fully saturated rings. The maximum Gasteiger partial charge on any atom is 0.343 e. The second-order valence-electron chi connectivity index (χ2n) is 1.64. The third-order valence-corrected chi connectivity index (χ3v) is 0.743. The molecule has 11 heavy (non-hydrogen) atoms. The van der Waals surface area contributed by atoms with E-state index in [9.17, 15) is 22.4 Å². The summed E-state index contributed by atoms with van der Waals surface area (Å²) in [7, 11) is 0. The van der Waals surface area contributed by atoms with Crippen molar-refractivity contribution in [1.29, 1.82) is 0 Å². The van der Waals surface area contributed by atoms with Crippen LogP contribution in [0, 0.1) is 0 Å². The van der Waals surface area contributed by atoms with E-state index in [1.54, 1.807) is 0 Å². The minimum atomic E-state index is -2.86. The summed E-state index contributed by atoms with van der Waals surface area (Å²) in [6.45, 7) is -2.75. The van der Waals surface area contributed by atoms with Crippen LogP contribution < -0.4 is 0 Å². The summed E-state index contributed by atoms with van der Waals surface area (Å²) in [5, 5.41) is 0. The molecule has 0 saturated carbocycles. The molecule has 0 aromatic carbocycles. The molecule has 2 nitrogen and oxygen atoms in total. The fourth-order valence-electron chi connectivity index (χ4n) is 0.299. The van der Waals surface area contributed by atoms with Gasteiger partial charge in [-0.2, -0.15) is 0 Å². The zero-order valence-electron chi connectivity index (χ0n) is 5.40. The van der Waals surface area contributed by atoms with Crippen LogP contribution >= 0.6 is 0 Å². The first-order valence-electron chi connectivity index (χ1n) is 2.72. The highest BCUT2D eigenvalue weighted by atomic mass is 19.3. The molecular weight excluding hydrogens is 168 g/mol. The van der Waals surface area contributed by atoms with Crippen LogP contribution in [-0.2, 0) is 9.53 Å². The Morgan fingerprint density at radius 3 is 2.27 bits per heavy atom. The SMILES string of the molecule is O=C(OCC(F)F)C(F)CF. The first-order valence-corrected chi connectivity index (χ1v) is 2.72. The molecule has 0 aromatic rings. The Labute approximate surface area is 60.1 Å². The molecule has 0 bridgehead atoms. The highest BCUT2D eigenvalue weighted by molar-refractivity contribution is 5.74. The van der Waals surface area contributed by atoms with Gasteiger partial charge in [-0.15, -0.1) is 0 Å². The fourth-order valence-corrected chi connectivity index (χ4v) is 0.299. The summed E-state index contributed by atoms with van der Waals surface area (Å²) >= 11 is 0. The second kappa shape index (κ2) is 4.92. The first-order chi connectivity index (χ1) is 5.07. The summed E-state index contributed by atoms with van der Waals surface area (Å²) in [6.07, 6.45) is -5.31. The molecule has 1 atom stereocenters. The minimum absolute atomic E-state index is 1.20. The Morgan fingerprint density at radius 2 is 1.91 bits per heavy atom. The third-order valence-electron chi connectivity index (χ3n) is 0.743. The van der Waals surface area contributed by atoms with E-state index in [4.69, 9.17) is 0 Å². The molecule has 66 valence electrons. The van der Waals surface area contributed by atoms with E-state index in [-0.39, 0.29) is 0 Å². The van der Waals surface area contributed by atoms with Crippen LogP contribution in [0.2, 0.25) is 0 Å². The van der Waals surface area contributed by atoms with Gasteiger partial charge < -0.3 is 4.74 Å². The summed E-state index contributed by atoms with van der Waals surface area (Å²) in [4.78, 5) is 10.1. The minimum Gasteiger partial charge on any atom is -0.457 e. The van der Waals surface area contributed by atoms with Gasteiger partial charge in [0.05, 0.1) is 0 Å². The van der Waals surface area contributed by atoms with Gasteiger partial charge in [0.25, 0.3) is 6.43 Å². The lowest BCUT2D eigenvalue weighted by atomic mass is 10.4. The molecule has 0 N–H and O–H groups in total. The van der Waals surface area contributed by atoms with Crippen molar-refractivity contribution in [2.75, 3.05) is 13.3 Å². The Morgan fingerprint density at radius 1 is 1.36 bits per heavy atom. The van der Waals surface area contributed by atoms with E-state index in [0.29, 0.717) is 0 Å². The normalized spacial score (nSPS) is 13.2. The van der Waals surface area contributed by atoms with Crippen molar-refractivity contribution >= 4 is 5.97 Å². The summed E-state index contributed by atoms with van der Waals surface area (Å²) in [6, 6.07) is 0. The summed E-state index contributed by atoms with van der Waals surface area (Å²) < 4.78 is 49.4. The molecule has 0 amide bonds. The molecule has 0 aliphatic rings. The van der Waals surface area contributed by atoms with E-state index in [1.807, 2.05) is 0 Å². The van der Waals surface area contributed by atoms with Crippen LogP contribution in [0.3, 0.4) is 0 Å². The van der Waals surface area contributed by atoms with E-state index in [2.05, 4.69) is 4.74 Å². The van der Waals surface area contributed by atoms with E-state index in [1.165, 1.54) is 0 Å². The lowest BCUT2D eigenvalue weighted by Gasteiger charge is -2.04. The standard InChI is InChI=1S/C5H6F4O2/c6-1-3(7)5(10)11-2-4(8)9/h3-4H,1-2H2. The number of carbonyl (C=O) groups excluding carboxylic acids is 1. The van der Waals surface area contributed by atoms with Gasteiger partial charge in [-0.1, -0.05) is 0 Å². The average Bonchev–Trinajstić information content (AvgIpc) is 1.98. The van der Waals surface area contributed by atoms with Crippen LogP contribution in [-0.4, -0.2) is 31.8 Å². The van der Waals surface area contributed by atoms with Crippen molar-refractivity contribution in [1.82, 2.24) is 0 Å². The van der Waals surface area contributed by atoms with Crippen LogP contribution in [0.1, 0.15) is 0 Å². The van der Waals surface area contributed by atoms with Crippen molar-refractivity contribution < 1.29 is 27.1 Å². The third kappa shape index (κ3) is 4.58. The monoisotopic (exact) mass is 174 g/mol. The number of alkyl halides is 4. The molecule has 6 heteroatoms.